The molecule has 0 spiro atoms. The number of benzene rings is 3. The van der Waals surface area contributed by atoms with Gasteiger partial charge in [-0.3, -0.25) is 19.2 Å². The van der Waals surface area contributed by atoms with Crippen LogP contribution in [0, 0.1) is 13.8 Å². The molecule has 0 radical (unpaired) electrons. The van der Waals surface area contributed by atoms with Gasteiger partial charge in [0.2, 0.25) is 23.6 Å². The van der Waals surface area contributed by atoms with E-state index in [-0.39, 0.29) is 37.2 Å². The Morgan fingerprint density at radius 1 is 0.952 bits per heavy atom. The van der Waals surface area contributed by atoms with Crippen molar-refractivity contribution in [3.63, 3.8) is 0 Å². The number of nitrogens with one attached hydrogen (secondary N) is 4. The quantitative estimate of drug-likeness (QED) is 0.236. The zero-order valence-corrected chi connectivity index (χ0v) is 23.8. The Kier molecular flexibility index (Phi) is 8.66. The molecule has 4 amide bonds. The summed E-state index contributed by atoms with van der Waals surface area (Å²) in [6.07, 6.45) is 2.42. The van der Waals surface area contributed by atoms with Crippen LogP contribution in [0.4, 0.5) is 0 Å². The molecule has 42 heavy (non-hydrogen) atoms. The third-order valence-electron chi connectivity index (χ3n) is 7.69. The van der Waals surface area contributed by atoms with E-state index in [1.54, 1.807) is 0 Å². The predicted octanol–water partition coefficient (Wildman–Crippen LogP) is 2.70. The fourth-order valence-corrected chi connectivity index (χ4v) is 5.26. The first-order valence-corrected chi connectivity index (χ1v) is 14.1. The van der Waals surface area contributed by atoms with Crippen molar-refractivity contribution < 1.29 is 19.2 Å². The van der Waals surface area contributed by atoms with Crippen molar-refractivity contribution in [1.82, 2.24) is 25.8 Å². The zero-order chi connectivity index (χ0) is 29.6. The number of H-pyrrole nitrogens is 1. The van der Waals surface area contributed by atoms with Crippen LogP contribution in [0.2, 0.25) is 0 Å². The second-order valence-electron chi connectivity index (χ2n) is 10.8. The highest BCUT2D eigenvalue weighted by molar-refractivity contribution is 5.98. The smallest absolute Gasteiger partial charge is 0.246 e. The van der Waals surface area contributed by atoms with Crippen LogP contribution < -0.4 is 16.0 Å². The summed E-state index contributed by atoms with van der Waals surface area (Å²) in [5.41, 5.74) is 5.98. The first-order chi connectivity index (χ1) is 20.3. The minimum absolute atomic E-state index is 0.219. The lowest BCUT2D eigenvalue weighted by Gasteiger charge is -2.32. The summed E-state index contributed by atoms with van der Waals surface area (Å²) >= 11 is 0. The molecule has 4 N–H and O–H groups in total. The maximum atomic E-state index is 13.4. The number of nitrogens with zero attached hydrogens (tertiary/aromatic N) is 1. The number of amides is 4. The van der Waals surface area contributed by atoms with Crippen molar-refractivity contribution in [2.75, 3.05) is 13.1 Å². The molecular weight excluding hydrogens is 530 g/mol. The average Bonchev–Trinajstić information content (AvgIpc) is 3.39. The lowest BCUT2D eigenvalue weighted by molar-refractivity contribution is -0.146. The number of hydrogen-bond donors (Lipinski definition) is 4. The molecule has 0 aliphatic carbocycles. The summed E-state index contributed by atoms with van der Waals surface area (Å²) in [6.45, 7) is 3.82. The van der Waals surface area contributed by atoms with Crippen molar-refractivity contribution in [3.05, 3.63) is 107 Å². The van der Waals surface area contributed by atoms with Gasteiger partial charge in [0.25, 0.3) is 0 Å². The molecule has 3 aromatic carbocycles. The molecule has 0 saturated carbocycles. The molecule has 2 atom stereocenters. The van der Waals surface area contributed by atoms with Gasteiger partial charge in [0.05, 0.1) is 0 Å². The largest absolute Gasteiger partial charge is 0.361 e. The molecule has 9 heteroatoms. The number of fused-ring (bicyclic) bond motifs is 1. The van der Waals surface area contributed by atoms with Gasteiger partial charge in [-0.05, 0) is 47.7 Å². The van der Waals surface area contributed by atoms with Gasteiger partial charge in [0.15, 0.2) is 0 Å². The summed E-state index contributed by atoms with van der Waals surface area (Å²) in [4.78, 5) is 56.8. The van der Waals surface area contributed by atoms with Crippen LogP contribution in [-0.4, -0.2) is 58.7 Å². The molecule has 1 aliphatic heterocycles. The van der Waals surface area contributed by atoms with E-state index in [0.29, 0.717) is 13.0 Å². The molecule has 1 aromatic heterocycles. The topological polar surface area (TPSA) is 123 Å². The Labute approximate surface area is 244 Å². The van der Waals surface area contributed by atoms with Crippen molar-refractivity contribution in [1.29, 1.82) is 0 Å². The van der Waals surface area contributed by atoms with Gasteiger partial charge in [-0.1, -0.05) is 66.7 Å². The summed E-state index contributed by atoms with van der Waals surface area (Å²) in [5, 5.41) is 9.49. The highest BCUT2D eigenvalue weighted by Gasteiger charge is 2.34. The van der Waals surface area contributed by atoms with Gasteiger partial charge < -0.3 is 25.8 Å². The Morgan fingerprint density at radius 2 is 1.71 bits per heavy atom. The first-order valence-electron chi connectivity index (χ1n) is 14.1. The summed E-state index contributed by atoms with van der Waals surface area (Å²) in [6, 6.07) is 21.5. The van der Waals surface area contributed by atoms with Gasteiger partial charge in [-0.2, -0.15) is 0 Å². The van der Waals surface area contributed by atoms with Crippen molar-refractivity contribution in [2.24, 2.45) is 0 Å². The number of carbonyl (C=O) groups is 4. The number of rotatable bonds is 10. The minimum Gasteiger partial charge on any atom is -0.361 e. The molecule has 2 heterocycles. The third-order valence-corrected chi connectivity index (χ3v) is 7.69. The first kappa shape index (κ1) is 28.6. The van der Waals surface area contributed by atoms with Crippen LogP contribution in [0.25, 0.3) is 10.9 Å². The van der Waals surface area contributed by atoms with E-state index in [1.165, 1.54) is 10.5 Å². The number of carbonyl (C=O) groups excluding carboxylic acids is 4. The van der Waals surface area contributed by atoms with Crippen molar-refractivity contribution >= 4 is 34.5 Å². The monoisotopic (exact) mass is 565 g/mol. The van der Waals surface area contributed by atoms with Crippen LogP contribution in [0.3, 0.4) is 0 Å². The molecule has 2 unspecified atom stereocenters. The number of aryl methyl sites for hydroxylation is 2. The minimum atomic E-state index is -0.892. The van der Waals surface area contributed by atoms with E-state index in [0.717, 1.165) is 33.2 Å². The van der Waals surface area contributed by atoms with Gasteiger partial charge in [-0.15, -0.1) is 0 Å². The van der Waals surface area contributed by atoms with Gasteiger partial charge in [-0.25, -0.2) is 0 Å². The maximum absolute atomic E-state index is 13.4. The number of piperazine rings is 1. The van der Waals surface area contributed by atoms with Crippen LogP contribution in [-0.2, 0) is 38.6 Å². The highest BCUT2D eigenvalue weighted by Crippen LogP contribution is 2.19. The van der Waals surface area contributed by atoms with E-state index in [1.807, 2.05) is 92.8 Å². The number of para-hydroxylation sites is 1. The van der Waals surface area contributed by atoms with Crippen LogP contribution in [0.1, 0.15) is 27.8 Å². The van der Waals surface area contributed by atoms with Crippen LogP contribution in [0.15, 0.2) is 79.0 Å². The Balaban J connectivity index is 1.29. The van der Waals surface area contributed by atoms with E-state index in [2.05, 4.69) is 20.9 Å². The van der Waals surface area contributed by atoms with E-state index >= 15 is 0 Å². The summed E-state index contributed by atoms with van der Waals surface area (Å²) in [5.74, 6) is -1.51. The Morgan fingerprint density at radius 3 is 2.50 bits per heavy atom. The SMILES string of the molecule is Cc1ccc(CNC(=O)C(Cc2c[nH]c3ccccc23)NC(=O)CN2CC(=O)NC(Cc3ccccc3)C2=O)cc1C. The summed E-state index contributed by atoms with van der Waals surface area (Å²) in [7, 11) is 0. The van der Waals surface area contributed by atoms with Crippen LogP contribution >= 0.6 is 0 Å². The zero-order valence-electron chi connectivity index (χ0n) is 23.8. The molecule has 1 saturated heterocycles. The molecule has 9 nitrogen and oxygen atoms in total. The second kappa shape index (κ2) is 12.7. The normalized spacial score (nSPS) is 15.8. The molecule has 1 aliphatic rings. The maximum Gasteiger partial charge on any atom is 0.246 e. The molecule has 5 rings (SSSR count). The number of aromatic nitrogens is 1. The van der Waals surface area contributed by atoms with Gasteiger partial charge in [0, 0.05) is 36.5 Å². The second-order valence-corrected chi connectivity index (χ2v) is 10.8. The fourth-order valence-electron chi connectivity index (χ4n) is 5.26. The standard InChI is InChI=1S/C33H35N5O4/c1-21-12-13-24(14-22(21)2)17-35-32(41)28(16-25-18-34-27-11-7-6-10-26(25)27)36-30(39)19-38-20-31(40)37-29(33(38)42)15-23-8-4-3-5-9-23/h3-14,18,28-29,34H,15-17,19-20H2,1-2H3,(H,35,41)(H,36,39)(H,37,40). The Bertz CT molecular complexity index is 1610. The van der Waals surface area contributed by atoms with E-state index in [4.69, 9.17) is 0 Å². The molecular formula is C33H35N5O4. The average molecular weight is 566 g/mol. The van der Waals surface area contributed by atoms with E-state index in [9.17, 15) is 19.2 Å². The molecule has 1 fully saturated rings. The fraction of sp³-hybridized carbons (Fsp3) is 0.273. The predicted molar refractivity (Wildman–Crippen MR) is 160 cm³/mol. The lowest BCUT2D eigenvalue weighted by Crippen LogP contribution is -2.61. The van der Waals surface area contributed by atoms with Crippen molar-refractivity contribution in [2.45, 2.75) is 45.3 Å². The molecule has 216 valence electrons. The number of hydrogen-bond acceptors (Lipinski definition) is 4. The summed E-state index contributed by atoms with van der Waals surface area (Å²) < 4.78 is 0. The molecule has 4 aromatic rings. The lowest BCUT2D eigenvalue weighted by atomic mass is 10.0. The third kappa shape index (κ3) is 6.86. The van der Waals surface area contributed by atoms with E-state index < -0.39 is 18.0 Å². The van der Waals surface area contributed by atoms with Crippen molar-refractivity contribution in [3.8, 4) is 0 Å². The number of aromatic amines is 1. The Hall–Kier alpha value is -4.92. The van der Waals surface area contributed by atoms with Gasteiger partial charge >= 0.3 is 0 Å². The van der Waals surface area contributed by atoms with Crippen LogP contribution in [0.5, 0.6) is 0 Å². The molecule has 0 bridgehead atoms. The highest BCUT2D eigenvalue weighted by atomic mass is 16.2. The van der Waals surface area contributed by atoms with Gasteiger partial charge in [0.1, 0.15) is 25.2 Å².